The van der Waals surface area contributed by atoms with Gasteiger partial charge < -0.3 is 11.1 Å². The lowest BCUT2D eigenvalue weighted by Gasteiger charge is -2.15. The number of halogens is 2. The summed E-state index contributed by atoms with van der Waals surface area (Å²) in [5.74, 6) is 0.321. The van der Waals surface area contributed by atoms with E-state index in [0.717, 1.165) is 22.3 Å². The summed E-state index contributed by atoms with van der Waals surface area (Å²) in [4.78, 5) is 17.4. The number of nitrogens with two attached hydrogens (primary N) is 1. The summed E-state index contributed by atoms with van der Waals surface area (Å²) < 4.78 is 1.83. The van der Waals surface area contributed by atoms with Crippen LogP contribution in [0.3, 0.4) is 0 Å². The molecule has 0 radical (unpaired) electrons. The molecule has 1 aromatic carbocycles. The molecule has 2 heterocycles. The van der Waals surface area contributed by atoms with Gasteiger partial charge in [-0.25, -0.2) is 9.67 Å². The molecule has 0 saturated heterocycles. The number of pyridine rings is 1. The van der Waals surface area contributed by atoms with Gasteiger partial charge in [-0.15, -0.1) is 24.8 Å². The van der Waals surface area contributed by atoms with Crippen LogP contribution in [0.25, 0.3) is 11.0 Å². The topological polar surface area (TPSA) is 85.8 Å². The zero-order chi connectivity index (χ0) is 20.4. The molecule has 1 atom stereocenters. The Balaban J connectivity index is 0.00000225. The van der Waals surface area contributed by atoms with Gasteiger partial charge in [-0.3, -0.25) is 4.79 Å². The summed E-state index contributed by atoms with van der Waals surface area (Å²) in [7, 11) is 0. The molecule has 3 N–H and O–H groups in total. The Labute approximate surface area is 190 Å². The number of rotatable bonds is 6. The van der Waals surface area contributed by atoms with Crippen LogP contribution >= 0.6 is 24.8 Å². The van der Waals surface area contributed by atoms with Crippen molar-refractivity contribution in [2.75, 3.05) is 6.54 Å². The van der Waals surface area contributed by atoms with Gasteiger partial charge in [0.05, 0.1) is 17.1 Å². The highest BCUT2D eigenvalue weighted by molar-refractivity contribution is 6.05. The summed E-state index contributed by atoms with van der Waals surface area (Å²) in [5, 5.41) is 8.11. The molecule has 164 valence electrons. The van der Waals surface area contributed by atoms with E-state index in [4.69, 9.17) is 5.73 Å². The Hall–Kier alpha value is -2.15. The largest absolute Gasteiger partial charge is 0.350 e. The number of carbonyl (C=O) groups is 1. The third-order valence-corrected chi connectivity index (χ3v) is 4.94. The molecule has 0 saturated carbocycles. The van der Waals surface area contributed by atoms with Crippen LogP contribution in [0.2, 0.25) is 0 Å². The van der Waals surface area contributed by atoms with E-state index in [2.05, 4.69) is 41.4 Å². The standard InChI is InChI=1S/C22H29N5O.2ClH/c1-13(2)16-6-8-17(9-7-16)20(23)12-24-22(28)18-10-15(5)26-21-19(18)11-25-27(21)14(3)4;;/h6-11,13-14,20H,12,23H2,1-5H3,(H,24,28);2*1H. The van der Waals surface area contributed by atoms with Gasteiger partial charge in [0.25, 0.3) is 5.91 Å². The van der Waals surface area contributed by atoms with Gasteiger partial charge in [0.15, 0.2) is 5.65 Å². The molecule has 0 spiro atoms. The van der Waals surface area contributed by atoms with Crippen molar-refractivity contribution in [3.8, 4) is 0 Å². The number of nitrogens with zero attached hydrogens (tertiary/aromatic N) is 3. The smallest absolute Gasteiger partial charge is 0.252 e. The average molecular weight is 452 g/mol. The summed E-state index contributed by atoms with van der Waals surface area (Å²) >= 11 is 0. The molecule has 0 aliphatic rings. The maximum atomic E-state index is 12.8. The third-order valence-electron chi connectivity index (χ3n) is 4.94. The summed E-state index contributed by atoms with van der Waals surface area (Å²) in [6, 6.07) is 9.97. The molecule has 0 bridgehead atoms. The normalized spacial score (nSPS) is 11.9. The van der Waals surface area contributed by atoms with Crippen molar-refractivity contribution in [3.05, 3.63) is 58.9 Å². The molecule has 0 aliphatic carbocycles. The second-order valence-corrected chi connectivity index (χ2v) is 7.87. The monoisotopic (exact) mass is 451 g/mol. The van der Waals surface area contributed by atoms with E-state index in [1.165, 1.54) is 5.56 Å². The number of aromatic nitrogens is 3. The van der Waals surface area contributed by atoms with Crippen LogP contribution < -0.4 is 11.1 Å². The van der Waals surface area contributed by atoms with Gasteiger partial charge in [-0.1, -0.05) is 38.1 Å². The number of aryl methyl sites for hydroxylation is 1. The number of fused-ring (bicyclic) bond motifs is 1. The second kappa shape index (κ2) is 10.8. The fourth-order valence-corrected chi connectivity index (χ4v) is 3.25. The zero-order valence-electron chi connectivity index (χ0n) is 18.0. The Kier molecular flexibility index (Phi) is 9.28. The number of hydrogen-bond acceptors (Lipinski definition) is 4. The van der Waals surface area contributed by atoms with Crippen molar-refractivity contribution in [3.63, 3.8) is 0 Å². The first-order valence-corrected chi connectivity index (χ1v) is 9.76. The van der Waals surface area contributed by atoms with Crippen LogP contribution in [0.15, 0.2) is 36.5 Å². The van der Waals surface area contributed by atoms with E-state index in [1.807, 2.05) is 37.6 Å². The Morgan fingerprint density at radius 2 is 1.70 bits per heavy atom. The quantitative estimate of drug-likeness (QED) is 0.567. The molecule has 1 amide bonds. The molecule has 8 heteroatoms. The van der Waals surface area contributed by atoms with Crippen LogP contribution in [0.1, 0.15) is 72.9 Å². The molecule has 30 heavy (non-hydrogen) atoms. The lowest BCUT2D eigenvalue weighted by molar-refractivity contribution is 0.0952. The predicted molar refractivity (Wildman–Crippen MR) is 127 cm³/mol. The minimum absolute atomic E-state index is 0. The summed E-state index contributed by atoms with van der Waals surface area (Å²) in [5.41, 5.74) is 10.7. The van der Waals surface area contributed by atoms with E-state index in [1.54, 1.807) is 12.3 Å². The first-order chi connectivity index (χ1) is 13.3. The third kappa shape index (κ3) is 5.50. The van der Waals surface area contributed by atoms with Gasteiger partial charge >= 0.3 is 0 Å². The van der Waals surface area contributed by atoms with Gasteiger partial charge in [0.2, 0.25) is 0 Å². The van der Waals surface area contributed by atoms with E-state index in [0.29, 0.717) is 18.0 Å². The van der Waals surface area contributed by atoms with Crippen molar-refractivity contribution in [2.24, 2.45) is 5.73 Å². The first-order valence-electron chi connectivity index (χ1n) is 9.76. The average Bonchev–Trinajstić information content (AvgIpc) is 3.09. The number of hydrogen-bond donors (Lipinski definition) is 2. The van der Waals surface area contributed by atoms with Crippen molar-refractivity contribution >= 4 is 41.8 Å². The highest BCUT2D eigenvalue weighted by Gasteiger charge is 2.17. The van der Waals surface area contributed by atoms with E-state index in [-0.39, 0.29) is 42.8 Å². The van der Waals surface area contributed by atoms with Crippen molar-refractivity contribution < 1.29 is 4.79 Å². The van der Waals surface area contributed by atoms with Crippen LogP contribution in [-0.4, -0.2) is 27.2 Å². The van der Waals surface area contributed by atoms with Crippen LogP contribution in [0, 0.1) is 6.92 Å². The molecule has 2 aromatic heterocycles. The minimum Gasteiger partial charge on any atom is -0.350 e. The van der Waals surface area contributed by atoms with E-state index >= 15 is 0 Å². The molecular formula is C22H31Cl2N5O. The van der Waals surface area contributed by atoms with Crippen molar-refractivity contribution in [1.82, 2.24) is 20.1 Å². The lowest BCUT2D eigenvalue weighted by Crippen LogP contribution is -2.32. The van der Waals surface area contributed by atoms with Gasteiger partial charge in [0, 0.05) is 24.3 Å². The number of amides is 1. The van der Waals surface area contributed by atoms with Crippen molar-refractivity contribution in [2.45, 2.75) is 52.6 Å². The second-order valence-electron chi connectivity index (χ2n) is 7.87. The maximum Gasteiger partial charge on any atom is 0.252 e. The molecule has 0 fully saturated rings. The van der Waals surface area contributed by atoms with Crippen LogP contribution in [0.4, 0.5) is 0 Å². The van der Waals surface area contributed by atoms with Crippen LogP contribution in [-0.2, 0) is 0 Å². The van der Waals surface area contributed by atoms with E-state index in [9.17, 15) is 4.79 Å². The van der Waals surface area contributed by atoms with Crippen LogP contribution in [0.5, 0.6) is 0 Å². The maximum absolute atomic E-state index is 12.8. The van der Waals surface area contributed by atoms with Gasteiger partial charge in [-0.05, 0) is 43.9 Å². The Bertz CT molecular complexity index is 983. The molecule has 3 rings (SSSR count). The molecule has 6 nitrogen and oxygen atoms in total. The fraction of sp³-hybridized carbons (Fsp3) is 0.409. The van der Waals surface area contributed by atoms with Gasteiger partial charge in [-0.2, -0.15) is 5.10 Å². The highest BCUT2D eigenvalue weighted by atomic mass is 35.5. The lowest BCUT2D eigenvalue weighted by atomic mass is 9.99. The number of carbonyl (C=O) groups excluding carboxylic acids is 1. The SMILES string of the molecule is Cc1cc(C(=O)NCC(N)c2ccc(C(C)C)cc2)c2cnn(C(C)C)c2n1.Cl.Cl. The van der Waals surface area contributed by atoms with Crippen molar-refractivity contribution in [1.29, 1.82) is 0 Å². The predicted octanol–water partition coefficient (Wildman–Crippen LogP) is 4.72. The fourth-order valence-electron chi connectivity index (χ4n) is 3.25. The van der Waals surface area contributed by atoms with Gasteiger partial charge in [0.1, 0.15) is 0 Å². The Morgan fingerprint density at radius 1 is 1.10 bits per heavy atom. The highest BCUT2D eigenvalue weighted by Crippen LogP contribution is 2.21. The Morgan fingerprint density at radius 3 is 2.27 bits per heavy atom. The molecular weight excluding hydrogens is 421 g/mol. The van der Waals surface area contributed by atoms with E-state index < -0.39 is 0 Å². The summed E-state index contributed by atoms with van der Waals surface area (Å²) in [6.45, 7) is 10.7. The minimum atomic E-state index is -0.262. The summed E-state index contributed by atoms with van der Waals surface area (Å²) in [6.07, 6.45) is 1.71. The zero-order valence-corrected chi connectivity index (χ0v) is 19.7. The molecule has 3 aromatic rings. The first kappa shape index (κ1) is 25.9. The number of nitrogens with one attached hydrogen (secondary N) is 1. The molecule has 1 unspecified atom stereocenters. The molecule has 0 aliphatic heterocycles. The number of benzene rings is 1.